The molecule has 2 atom stereocenters. The third-order valence-electron chi connectivity index (χ3n) is 4.61. The molecule has 5 nitrogen and oxygen atoms in total. The summed E-state index contributed by atoms with van der Waals surface area (Å²) in [5.41, 5.74) is 0. The second kappa shape index (κ2) is 5.38. The minimum absolute atomic E-state index is 0.0658. The lowest BCUT2D eigenvalue weighted by atomic mass is 9.85. The van der Waals surface area contributed by atoms with Gasteiger partial charge in [-0.1, -0.05) is 12.2 Å². The maximum atomic E-state index is 12.2. The highest BCUT2D eigenvalue weighted by atomic mass is 16.2. The van der Waals surface area contributed by atoms with E-state index in [1.807, 2.05) is 17.1 Å². The van der Waals surface area contributed by atoms with Gasteiger partial charge in [0.25, 0.3) is 0 Å². The van der Waals surface area contributed by atoms with E-state index in [-0.39, 0.29) is 42.5 Å². The van der Waals surface area contributed by atoms with Crippen LogP contribution in [0.4, 0.5) is 0 Å². The average Bonchev–Trinajstić information content (AvgIpc) is 3.07. The Bertz CT molecular complexity index is 440. The molecule has 0 N–H and O–H groups in total. The first-order chi connectivity index (χ1) is 9.68. The van der Waals surface area contributed by atoms with Gasteiger partial charge in [0.2, 0.25) is 17.7 Å². The van der Waals surface area contributed by atoms with E-state index >= 15 is 0 Å². The van der Waals surface area contributed by atoms with Crippen LogP contribution in [0.25, 0.3) is 0 Å². The van der Waals surface area contributed by atoms with Gasteiger partial charge in [-0.3, -0.25) is 19.3 Å². The third-order valence-corrected chi connectivity index (χ3v) is 4.61. The van der Waals surface area contributed by atoms with E-state index in [4.69, 9.17) is 0 Å². The van der Waals surface area contributed by atoms with Crippen LogP contribution in [0.1, 0.15) is 32.1 Å². The minimum Gasteiger partial charge on any atom is -0.343 e. The molecule has 0 aromatic carbocycles. The van der Waals surface area contributed by atoms with Crippen LogP contribution in [-0.4, -0.2) is 47.2 Å². The van der Waals surface area contributed by atoms with Crippen molar-refractivity contribution in [2.75, 3.05) is 19.6 Å². The number of hydrogen-bond acceptors (Lipinski definition) is 3. The Morgan fingerprint density at radius 2 is 1.60 bits per heavy atom. The summed E-state index contributed by atoms with van der Waals surface area (Å²) in [5.74, 6) is -0.475. The maximum absolute atomic E-state index is 12.2. The molecule has 0 aromatic heterocycles. The molecule has 2 unspecified atom stereocenters. The number of amides is 3. The van der Waals surface area contributed by atoms with Crippen molar-refractivity contribution in [2.45, 2.75) is 32.1 Å². The smallest absolute Gasteiger partial charge is 0.233 e. The summed E-state index contributed by atoms with van der Waals surface area (Å²) in [6.07, 6.45) is 7.66. The standard InChI is InChI=1S/C15H20N2O3/c18-13(16-8-3-4-9-16)7-10-17-14(19)11-5-1-2-6-12(11)15(17)20/h1-2,11-12H,3-10H2. The molecule has 2 saturated heterocycles. The lowest BCUT2D eigenvalue weighted by molar-refractivity contribution is -0.140. The summed E-state index contributed by atoms with van der Waals surface area (Å²) >= 11 is 0. The SMILES string of the molecule is O=C(CCN1C(=O)C2CC=CCC2C1=O)N1CCCC1. The van der Waals surface area contributed by atoms with Gasteiger partial charge in [-0.05, 0) is 25.7 Å². The van der Waals surface area contributed by atoms with Gasteiger partial charge < -0.3 is 4.90 Å². The zero-order chi connectivity index (χ0) is 14.1. The van der Waals surface area contributed by atoms with E-state index in [0.717, 1.165) is 25.9 Å². The number of likely N-dealkylation sites (tertiary alicyclic amines) is 2. The highest BCUT2D eigenvalue weighted by molar-refractivity contribution is 6.05. The largest absolute Gasteiger partial charge is 0.343 e. The van der Waals surface area contributed by atoms with Gasteiger partial charge in [-0.2, -0.15) is 0 Å². The lowest BCUT2D eigenvalue weighted by Crippen LogP contribution is -2.36. The van der Waals surface area contributed by atoms with Crippen molar-refractivity contribution in [1.82, 2.24) is 9.80 Å². The molecule has 2 aliphatic heterocycles. The molecule has 5 heteroatoms. The van der Waals surface area contributed by atoms with E-state index in [1.165, 1.54) is 4.90 Å². The maximum Gasteiger partial charge on any atom is 0.233 e. The Morgan fingerprint density at radius 3 is 2.15 bits per heavy atom. The number of carbonyl (C=O) groups excluding carboxylic acids is 3. The molecule has 0 aromatic rings. The van der Waals surface area contributed by atoms with Crippen LogP contribution in [0.15, 0.2) is 12.2 Å². The van der Waals surface area contributed by atoms with Gasteiger partial charge in [0.1, 0.15) is 0 Å². The van der Waals surface area contributed by atoms with Crippen LogP contribution in [-0.2, 0) is 14.4 Å². The minimum atomic E-state index is -0.186. The first kappa shape index (κ1) is 13.3. The summed E-state index contributed by atoms with van der Waals surface area (Å²) < 4.78 is 0. The molecule has 0 radical (unpaired) electrons. The fraction of sp³-hybridized carbons (Fsp3) is 0.667. The molecule has 108 valence electrons. The second-order valence-corrected chi connectivity index (χ2v) is 5.82. The molecule has 1 aliphatic carbocycles. The highest BCUT2D eigenvalue weighted by Gasteiger charge is 2.46. The van der Waals surface area contributed by atoms with E-state index < -0.39 is 0 Å². The van der Waals surface area contributed by atoms with Crippen molar-refractivity contribution in [3.8, 4) is 0 Å². The summed E-state index contributed by atoms with van der Waals surface area (Å²) in [7, 11) is 0. The van der Waals surface area contributed by atoms with E-state index in [0.29, 0.717) is 12.8 Å². The summed E-state index contributed by atoms with van der Waals surface area (Å²) in [4.78, 5) is 39.6. The Morgan fingerprint density at radius 1 is 1.05 bits per heavy atom. The summed E-state index contributed by atoms with van der Waals surface area (Å²) in [5, 5.41) is 0. The molecule has 3 rings (SSSR count). The quantitative estimate of drug-likeness (QED) is 0.569. The Kier molecular flexibility index (Phi) is 3.59. The van der Waals surface area contributed by atoms with Crippen molar-refractivity contribution < 1.29 is 14.4 Å². The van der Waals surface area contributed by atoms with Crippen LogP contribution in [0, 0.1) is 11.8 Å². The number of fused-ring (bicyclic) bond motifs is 1. The molecule has 20 heavy (non-hydrogen) atoms. The Balaban J connectivity index is 1.59. The molecular formula is C15H20N2O3. The van der Waals surface area contributed by atoms with Crippen LogP contribution in [0.2, 0.25) is 0 Å². The molecule has 0 saturated carbocycles. The molecule has 3 aliphatic rings. The van der Waals surface area contributed by atoms with Crippen molar-refractivity contribution in [2.24, 2.45) is 11.8 Å². The van der Waals surface area contributed by atoms with Gasteiger partial charge in [0.05, 0.1) is 11.8 Å². The van der Waals surface area contributed by atoms with Gasteiger partial charge in [0, 0.05) is 26.1 Å². The van der Waals surface area contributed by atoms with Crippen molar-refractivity contribution in [3.63, 3.8) is 0 Å². The van der Waals surface area contributed by atoms with Crippen molar-refractivity contribution in [3.05, 3.63) is 12.2 Å². The lowest BCUT2D eigenvalue weighted by Gasteiger charge is -2.18. The highest BCUT2D eigenvalue weighted by Crippen LogP contribution is 2.35. The normalized spacial score (nSPS) is 29.2. The van der Waals surface area contributed by atoms with Crippen LogP contribution >= 0.6 is 0 Å². The predicted molar refractivity (Wildman–Crippen MR) is 72.5 cm³/mol. The molecule has 2 heterocycles. The van der Waals surface area contributed by atoms with Crippen LogP contribution in [0.5, 0.6) is 0 Å². The molecule has 0 spiro atoms. The average molecular weight is 276 g/mol. The number of nitrogens with zero attached hydrogens (tertiary/aromatic N) is 2. The number of carbonyl (C=O) groups is 3. The van der Waals surface area contributed by atoms with E-state index in [2.05, 4.69) is 0 Å². The summed E-state index contributed by atoms with van der Waals surface area (Å²) in [6.45, 7) is 1.88. The van der Waals surface area contributed by atoms with Crippen molar-refractivity contribution in [1.29, 1.82) is 0 Å². The number of hydrogen-bond donors (Lipinski definition) is 0. The number of rotatable bonds is 3. The Labute approximate surface area is 118 Å². The van der Waals surface area contributed by atoms with Gasteiger partial charge in [-0.25, -0.2) is 0 Å². The third kappa shape index (κ3) is 2.25. The topological polar surface area (TPSA) is 57.7 Å². The van der Waals surface area contributed by atoms with Crippen LogP contribution in [0.3, 0.4) is 0 Å². The van der Waals surface area contributed by atoms with Gasteiger partial charge in [0.15, 0.2) is 0 Å². The molecule has 3 amide bonds. The monoisotopic (exact) mass is 276 g/mol. The second-order valence-electron chi connectivity index (χ2n) is 5.82. The van der Waals surface area contributed by atoms with Gasteiger partial charge >= 0.3 is 0 Å². The van der Waals surface area contributed by atoms with E-state index in [9.17, 15) is 14.4 Å². The Hall–Kier alpha value is -1.65. The van der Waals surface area contributed by atoms with Gasteiger partial charge in [-0.15, -0.1) is 0 Å². The molecule has 0 bridgehead atoms. The summed E-state index contributed by atoms with van der Waals surface area (Å²) in [6, 6.07) is 0. The first-order valence-electron chi connectivity index (χ1n) is 7.46. The zero-order valence-electron chi connectivity index (χ0n) is 11.6. The predicted octanol–water partition coefficient (Wildman–Crippen LogP) is 0.950. The van der Waals surface area contributed by atoms with E-state index in [1.54, 1.807) is 0 Å². The zero-order valence-corrected chi connectivity index (χ0v) is 11.6. The van der Waals surface area contributed by atoms with Crippen LogP contribution < -0.4 is 0 Å². The first-order valence-corrected chi connectivity index (χ1v) is 7.46. The fourth-order valence-electron chi connectivity index (χ4n) is 3.42. The van der Waals surface area contributed by atoms with Crippen molar-refractivity contribution >= 4 is 17.7 Å². The molecule has 2 fully saturated rings. The number of allylic oxidation sites excluding steroid dienone is 2. The number of imide groups is 1. The fourth-order valence-corrected chi connectivity index (χ4v) is 3.42. The molecular weight excluding hydrogens is 256 g/mol.